The average molecular weight is 177 g/mol. The van der Waals surface area contributed by atoms with Gasteiger partial charge in [0.1, 0.15) is 0 Å². The van der Waals surface area contributed by atoms with Crippen molar-refractivity contribution in [2.24, 2.45) is 0 Å². The predicted octanol–water partition coefficient (Wildman–Crippen LogP) is 1.77. The van der Waals surface area contributed by atoms with Crippen molar-refractivity contribution in [3.63, 3.8) is 0 Å². The number of nitriles is 1. The molecule has 0 saturated carbocycles. The van der Waals surface area contributed by atoms with Crippen LogP contribution in [0.4, 0.5) is 0 Å². The van der Waals surface area contributed by atoms with E-state index in [4.69, 9.17) is 5.26 Å². The van der Waals surface area contributed by atoms with Crippen LogP contribution in [0.2, 0.25) is 0 Å². The Morgan fingerprint density at radius 1 is 1.75 bits per heavy atom. The normalized spacial score (nSPS) is 10.3. The summed E-state index contributed by atoms with van der Waals surface area (Å²) in [6.45, 7) is 1.94. The van der Waals surface area contributed by atoms with Crippen LogP contribution in [0.1, 0.15) is 11.4 Å². The Hall–Kier alpha value is -1.34. The maximum atomic E-state index is 8.57. The molecule has 0 saturated heterocycles. The van der Waals surface area contributed by atoms with E-state index in [2.05, 4.69) is 11.1 Å². The molecule has 0 spiro atoms. The van der Waals surface area contributed by atoms with Gasteiger partial charge in [-0.1, -0.05) is 0 Å². The zero-order chi connectivity index (χ0) is 8.55. The second kappa shape index (κ2) is 2.61. The summed E-state index contributed by atoms with van der Waals surface area (Å²) in [5.41, 5.74) is 1.97. The molecular formula is C8H7N3S. The molecule has 2 aromatic heterocycles. The summed E-state index contributed by atoms with van der Waals surface area (Å²) in [5, 5.41) is 10.5. The Balaban J connectivity index is 2.69. The molecular weight excluding hydrogens is 170 g/mol. The molecule has 0 fully saturated rings. The molecule has 60 valence electrons. The number of rotatable bonds is 1. The Labute approximate surface area is 73.9 Å². The van der Waals surface area contributed by atoms with E-state index in [1.54, 1.807) is 11.3 Å². The molecule has 0 bridgehead atoms. The van der Waals surface area contributed by atoms with Gasteiger partial charge in [0.15, 0.2) is 4.96 Å². The number of fused-ring (bicyclic) bond motifs is 1. The Morgan fingerprint density at radius 3 is 3.33 bits per heavy atom. The van der Waals surface area contributed by atoms with Gasteiger partial charge in [-0.05, 0) is 6.92 Å². The van der Waals surface area contributed by atoms with Gasteiger partial charge in [-0.3, -0.25) is 4.40 Å². The number of hydrogen-bond donors (Lipinski definition) is 0. The van der Waals surface area contributed by atoms with Gasteiger partial charge in [-0.25, -0.2) is 4.98 Å². The monoisotopic (exact) mass is 177 g/mol. The van der Waals surface area contributed by atoms with Crippen LogP contribution in [0.15, 0.2) is 11.6 Å². The number of thiazole rings is 1. The number of hydrogen-bond acceptors (Lipinski definition) is 3. The molecule has 0 aromatic carbocycles. The predicted molar refractivity (Wildman–Crippen MR) is 47.1 cm³/mol. The minimum atomic E-state index is 0.434. The van der Waals surface area contributed by atoms with E-state index in [1.165, 1.54) is 0 Å². The maximum absolute atomic E-state index is 8.57. The quantitative estimate of drug-likeness (QED) is 0.666. The first-order valence-electron chi connectivity index (χ1n) is 3.61. The molecule has 2 aromatic rings. The number of aryl methyl sites for hydroxylation is 1. The minimum absolute atomic E-state index is 0.434. The summed E-state index contributed by atoms with van der Waals surface area (Å²) in [6.07, 6.45) is 2.39. The van der Waals surface area contributed by atoms with Crippen LogP contribution in [0.5, 0.6) is 0 Å². The molecule has 0 amide bonds. The number of imidazole rings is 1. The van der Waals surface area contributed by atoms with E-state index in [0.29, 0.717) is 6.42 Å². The van der Waals surface area contributed by atoms with E-state index in [1.807, 2.05) is 22.9 Å². The lowest BCUT2D eigenvalue weighted by Crippen LogP contribution is -1.89. The van der Waals surface area contributed by atoms with Crippen LogP contribution in [0.3, 0.4) is 0 Å². The van der Waals surface area contributed by atoms with Crippen LogP contribution in [0.25, 0.3) is 4.96 Å². The lowest BCUT2D eigenvalue weighted by Gasteiger charge is -1.91. The Kier molecular flexibility index (Phi) is 1.59. The summed E-state index contributed by atoms with van der Waals surface area (Å²) in [4.78, 5) is 5.29. The highest BCUT2D eigenvalue weighted by Crippen LogP contribution is 2.16. The molecule has 0 radical (unpaired) electrons. The summed E-state index contributed by atoms with van der Waals surface area (Å²) >= 11 is 1.59. The zero-order valence-electron chi connectivity index (χ0n) is 6.61. The SMILES string of the molecule is Cc1nc2sccn2c1CC#N. The summed E-state index contributed by atoms with van der Waals surface area (Å²) in [6, 6.07) is 2.14. The highest BCUT2D eigenvalue weighted by atomic mass is 32.1. The van der Waals surface area contributed by atoms with Crippen molar-refractivity contribution in [1.82, 2.24) is 9.38 Å². The van der Waals surface area contributed by atoms with Gasteiger partial charge in [0, 0.05) is 11.6 Å². The van der Waals surface area contributed by atoms with Crippen molar-refractivity contribution in [2.45, 2.75) is 13.3 Å². The number of aromatic nitrogens is 2. The van der Waals surface area contributed by atoms with Crippen molar-refractivity contribution in [3.8, 4) is 6.07 Å². The van der Waals surface area contributed by atoms with Gasteiger partial charge in [0.05, 0.1) is 23.9 Å². The van der Waals surface area contributed by atoms with Crippen molar-refractivity contribution in [1.29, 1.82) is 5.26 Å². The molecule has 12 heavy (non-hydrogen) atoms. The molecule has 0 aliphatic carbocycles. The molecule has 0 aliphatic rings. The highest BCUT2D eigenvalue weighted by Gasteiger charge is 2.07. The molecule has 0 atom stereocenters. The van der Waals surface area contributed by atoms with Crippen molar-refractivity contribution in [3.05, 3.63) is 23.0 Å². The molecule has 0 N–H and O–H groups in total. The van der Waals surface area contributed by atoms with Crippen LogP contribution < -0.4 is 0 Å². The summed E-state index contributed by atoms with van der Waals surface area (Å²) in [5.74, 6) is 0. The smallest absolute Gasteiger partial charge is 0.194 e. The van der Waals surface area contributed by atoms with E-state index in [0.717, 1.165) is 16.3 Å². The van der Waals surface area contributed by atoms with Gasteiger partial charge in [-0.2, -0.15) is 5.26 Å². The Morgan fingerprint density at radius 2 is 2.58 bits per heavy atom. The standard InChI is InChI=1S/C8H7N3S/c1-6-7(2-3-9)11-4-5-12-8(11)10-6/h4-5H,2H2,1H3. The van der Waals surface area contributed by atoms with Gasteiger partial charge >= 0.3 is 0 Å². The Bertz CT molecular complexity index is 446. The first kappa shape index (κ1) is 7.32. The second-order valence-corrected chi connectivity index (χ2v) is 3.41. The lowest BCUT2D eigenvalue weighted by atomic mass is 10.3. The third-order valence-corrected chi connectivity index (χ3v) is 2.56. The fourth-order valence-corrected chi connectivity index (χ4v) is 2.01. The summed E-state index contributed by atoms with van der Waals surface area (Å²) in [7, 11) is 0. The van der Waals surface area contributed by atoms with Crippen LogP contribution >= 0.6 is 11.3 Å². The number of nitrogens with zero attached hydrogens (tertiary/aromatic N) is 3. The van der Waals surface area contributed by atoms with E-state index in [-0.39, 0.29) is 0 Å². The zero-order valence-corrected chi connectivity index (χ0v) is 7.43. The third-order valence-electron chi connectivity index (χ3n) is 1.81. The largest absolute Gasteiger partial charge is 0.293 e. The molecule has 2 heterocycles. The fourth-order valence-electron chi connectivity index (χ4n) is 1.23. The first-order chi connectivity index (χ1) is 5.83. The summed E-state index contributed by atoms with van der Waals surface area (Å²) < 4.78 is 1.98. The average Bonchev–Trinajstić information content (AvgIpc) is 2.56. The van der Waals surface area contributed by atoms with Gasteiger partial charge < -0.3 is 0 Å². The molecule has 4 heteroatoms. The highest BCUT2D eigenvalue weighted by molar-refractivity contribution is 7.15. The molecule has 0 aliphatic heterocycles. The van der Waals surface area contributed by atoms with Crippen LogP contribution in [0, 0.1) is 18.3 Å². The third kappa shape index (κ3) is 0.908. The molecule has 3 nitrogen and oxygen atoms in total. The van der Waals surface area contributed by atoms with E-state index >= 15 is 0 Å². The molecule has 0 unspecified atom stereocenters. The second-order valence-electron chi connectivity index (χ2n) is 2.53. The van der Waals surface area contributed by atoms with Gasteiger partial charge in [0.25, 0.3) is 0 Å². The first-order valence-corrected chi connectivity index (χ1v) is 4.49. The van der Waals surface area contributed by atoms with Gasteiger partial charge in [-0.15, -0.1) is 11.3 Å². The van der Waals surface area contributed by atoms with Crippen LogP contribution in [-0.2, 0) is 6.42 Å². The topological polar surface area (TPSA) is 41.1 Å². The van der Waals surface area contributed by atoms with Crippen molar-refractivity contribution < 1.29 is 0 Å². The maximum Gasteiger partial charge on any atom is 0.194 e. The fraction of sp³-hybridized carbons (Fsp3) is 0.250. The van der Waals surface area contributed by atoms with E-state index in [9.17, 15) is 0 Å². The minimum Gasteiger partial charge on any atom is -0.293 e. The van der Waals surface area contributed by atoms with E-state index < -0.39 is 0 Å². The van der Waals surface area contributed by atoms with Gasteiger partial charge in [0.2, 0.25) is 0 Å². The van der Waals surface area contributed by atoms with Crippen molar-refractivity contribution in [2.75, 3.05) is 0 Å². The van der Waals surface area contributed by atoms with Crippen molar-refractivity contribution >= 4 is 16.3 Å². The molecule has 2 rings (SSSR count). The van der Waals surface area contributed by atoms with Crippen LogP contribution in [-0.4, -0.2) is 9.38 Å². The lowest BCUT2D eigenvalue weighted by molar-refractivity contribution is 1.05.